The molecule has 4 heterocycles. The third-order valence-electron chi connectivity index (χ3n) is 9.90. The Kier molecular flexibility index (Phi) is 8.43. The van der Waals surface area contributed by atoms with Gasteiger partial charge in [-0.3, -0.25) is 14.2 Å². The molecule has 3 aromatic carbocycles. The first kappa shape index (κ1) is 33.7. The summed E-state index contributed by atoms with van der Waals surface area (Å²) in [6.45, 7) is 10.7. The SMILES string of the molecule is Cc1cc(OCCCc2c3n(c4c(-c5c(C)nn(C)c5C)c(Cl)ccc24)[C@H](C)CN(c2cccc4nn(C)c(C(=O)O)c24)C3=O)cc(C)c1Cl. The smallest absolute Gasteiger partial charge is 0.354 e. The lowest BCUT2D eigenvalue weighted by Crippen LogP contribution is -2.42. The van der Waals surface area contributed by atoms with Crippen molar-refractivity contribution in [1.29, 1.82) is 0 Å². The molecule has 1 N–H and O–H groups in total. The average Bonchev–Trinajstić information content (AvgIpc) is 3.67. The number of carbonyl (C=O) groups is 2. The number of carboxylic acids is 1. The second kappa shape index (κ2) is 12.5. The van der Waals surface area contributed by atoms with Crippen LogP contribution in [0.5, 0.6) is 5.75 Å². The van der Waals surface area contributed by atoms with E-state index in [9.17, 15) is 14.7 Å². The van der Waals surface area contributed by atoms with Crippen LogP contribution in [0.15, 0.2) is 42.5 Å². The number of aromatic nitrogens is 5. The molecule has 0 aliphatic carbocycles. The van der Waals surface area contributed by atoms with Crippen LogP contribution in [0.1, 0.15) is 68.4 Å². The Morgan fingerprint density at radius 2 is 1.72 bits per heavy atom. The summed E-state index contributed by atoms with van der Waals surface area (Å²) in [5.74, 6) is -0.574. The van der Waals surface area contributed by atoms with Crippen LogP contribution in [0.25, 0.3) is 32.9 Å². The molecule has 7 rings (SSSR count). The quantitative estimate of drug-likeness (QED) is 0.159. The number of rotatable bonds is 8. The third kappa shape index (κ3) is 5.24. The number of fused-ring (bicyclic) bond motifs is 4. The molecule has 0 fully saturated rings. The van der Waals surface area contributed by atoms with Crippen molar-refractivity contribution in [2.45, 2.75) is 53.5 Å². The molecule has 0 bridgehead atoms. The average molecular weight is 714 g/mol. The van der Waals surface area contributed by atoms with Crippen molar-refractivity contribution >= 4 is 62.6 Å². The van der Waals surface area contributed by atoms with E-state index in [0.717, 1.165) is 60.9 Å². The van der Waals surface area contributed by atoms with Crippen molar-refractivity contribution in [3.63, 3.8) is 0 Å². The molecule has 10 nitrogen and oxygen atoms in total. The summed E-state index contributed by atoms with van der Waals surface area (Å²) < 4.78 is 11.5. The van der Waals surface area contributed by atoms with Crippen LogP contribution >= 0.6 is 23.2 Å². The molecule has 50 heavy (non-hydrogen) atoms. The van der Waals surface area contributed by atoms with E-state index in [1.165, 1.54) is 4.68 Å². The van der Waals surface area contributed by atoms with Crippen LogP contribution in [0.2, 0.25) is 10.0 Å². The van der Waals surface area contributed by atoms with Gasteiger partial charge in [0.25, 0.3) is 5.91 Å². The van der Waals surface area contributed by atoms with E-state index in [1.54, 1.807) is 24.1 Å². The first-order valence-electron chi connectivity index (χ1n) is 16.6. The molecule has 0 spiro atoms. The van der Waals surface area contributed by atoms with Crippen molar-refractivity contribution in [2.24, 2.45) is 14.1 Å². The zero-order valence-corrected chi connectivity index (χ0v) is 30.6. The number of aromatic carboxylic acids is 1. The van der Waals surface area contributed by atoms with Crippen molar-refractivity contribution in [3.8, 4) is 16.9 Å². The largest absolute Gasteiger partial charge is 0.494 e. The minimum atomic E-state index is -1.11. The molecule has 12 heteroatoms. The number of carbonyl (C=O) groups excluding carboxylic acids is 1. The molecule has 1 amide bonds. The van der Waals surface area contributed by atoms with E-state index in [4.69, 9.17) is 33.0 Å². The fourth-order valence-electron chi connectivity index (χ4n) is 7.63. The molecule has 1 aliphatic rings. The number of ether oxygens (including phenoxy) is 1. The topological polar surface area (TPSA) is 107 Å². The number of hydrogen-bond donors (Lipinski definition) is 1. The maximum atomic E-state index is 15.0. The zero-order chi connectivity index (χ0) is 35.8. The van der Waals surface area contributed by atoms with Crippen molar-refractivity contribution in [1.82, 2.24) is 24.1 Å². The highest BCUT2D eigenvalue weighted by atomic mass is 35.5. The molecule has 1 aliphatic heterocycles. The predicted octanol–water partition coefficient (Wildman–Crippen LogP) is 8.40. The second-order valence-electron chi connectivity index (χ2n) is 13.2. The van der Waals surface area contributed by atoms with E-state index in [0.29, 0.717) is 53.3 Å². The summed E-state index contributed by atoms with van der Waals surface area (Å²) in [7, 11) is 3.52. The maximum Gasteiger partial charge on any atom is 0.354 e. The Labute approximate surface area is 299 Å². The van der Waals surface area contributed by atoms with E-state index in [-0.39, 0.29) is 17.6 Å². The van der Waals surface area contributed by atoms with Crippen molar-refractivity contribution in [2.75, 3.05) is 18.1 Å². The first-order valence-corrected chi connectivity index (χ1v) is 17.3. The molecule has 0 saturated carbocycles. The molecule has 0 saturated heterocycles. The lowest BCUT2D eigenvalue weighted by atomic mass is 9.98. The molecule has 6 aromatic rings. The van der Waals surface area contributed by atoms with E-state index >= 15 is 0 Å². The van der Waals surface area contributed by atoms with Gasteiger partial charge in [0, 0.05) is 53.9 Å². The monoisotopic (exact) mass is 712 g/mol. The standard InChI is InChI=1S/C38H38Cl2N6O4/c1-19-16-24(17-20(2)33(19)40)50-15-9-10-25-26-13-14-27(39)31(30-22(4)41-43(6)23(30)5)34(26)46-21(3)18-45(37(47)35(25)46)29-12-8-11-28-32(29)36(38(48)49)44(7)42-28/h8,11-14,16-17,21H,9-10,15,18H2,1-7H3,(H,48,49)/t21-/m1/s1. The molecule has 0 radical (unpaired) electrons. The number of halogens is 2. The number of nitrogens with zero attached hydrogens (tertiary/aromatic N) is 6. The Morgan fingerprint density at radius 3 is 2.38 bits per heavy atom. The summed E-state index contributed by atoms with van der Waals surface area (Å²) in [5, 5.41) is 22.0. The van der Waals surface area contributed by atoms with Gasteiger partial charge in [-0.1, -0.05) is 35.3 Å². The number of anilines is 1. The molecular formula is C38H38Cl2N6O4. The van der Waals surface area contributed by atoms with Crippen LogP contribution in [0, 0.1) is 27.7 Å². The summed E-state index contributed by atoms with van der Waals surface area (Å²) >= 11 is 13.4. The maximum absolute atomic E-state index is 15.0. The van der Waals surface area contributed by atoms with Gasteiger partial charge in [-0.05, 0) is 94.5 Å². The van der Waals surface area contributed by atoms with Crippen LogP contribution in [0.4, 0.5) is 5.69 Å². The number of hydrogen-bond acceptors (Lipinski definition) is 5. The van der Waals surface area contributed by atoms with Crippen LogP contribution in [-0.4, -0.2) is 54.3 Å². The van der Waals surface area contributed by atoms with Gasteiger partial charge in [0.05, 0.1) is 39.4 Å². The van der Waals surface area contributed by atoms with E-state index in [1.807, 2.05) is 69.8 Å². The normalized spacial score (nSPS) is 14.6. The van der Waals surface area contributed by atoms with Gasteiger partial charge >= 0.3 is 5.97 Å². The number of benzene rings is 3. The molecule has 258 valence electrons. The van der Waals surface area contributed by atoms with Gasteiger partial charge in [-0.25, -0.2) is 4.79 Å². The van der Waals surface area contributed by atoms with Gasteiger partial charge in [0.2, 0.25) is 0 Å². The van der Waals surface area contributed by atoms with E-state index in [2.05, 4.69) is 16.6 Å². The first-order chi connectivity index (χ1) is 23.8. The Balaban J connectivity index is 1.39. The minimum absolute atomic E-state index is 0.0313. The van der Waals surface area contributed by atoms with Crippen molar-refractivity contribution in [3.05, 3.63) is 92.0 Å². The van der Waals surface area contributed by atoms with Gasteiger partial charge in [0.1, 0.15) is 11.4 Å². The molecule has 3 aromatic heterocycles. The summed E-state index contributed by atoms with van der Waals surface area (Å²) in [5.41, 5.74) is 8.90. The van der Waals surface area contributed by atoms with Crippen molar-refractivity contribution < 1.29 is 19.4 Å². The Bertz CT molecular complexity index is 2360. The lowest BCUT2D eigenvalue weighted by molar-refractivity contribution is 0.0686. The summed E-state index contributed by atoms with van der Waals surface area (Å²) in [4.78, 5) is 29.1. The molecule has 1 atom stereocenters. The van der Waals surface area contributed by atoms with Crippen LogP contribution < -0.4 is 9.64 Å². The number of aryl methyl sites for hydroxylation is 6. The van der Waals surface area contributed by atoms with Crippen LogP contribution in [-0.2, 0) is 20.5 Å². The number of carboxylic acid groups (broad SMARTS) is 1. The zero-order valence-electron chi connectivity index (χ0n) is 29.1. The Hall–Kier alpha value is -4.80. The second-order valence-corrected chi connectivity index (χ2v) is 14.0. The van der Waals surface area contributed by atoms with Gasteiger partial charge in [-0.15, -0.1) is 0 Å². The number of amides is 1. The Morgan fingerprint density at radius 1 is 1.00 bits per heavy atom. The highest BCUT2D eigenvalue weighted by Crippen LogP contribution is 2.45. The highest BCUT2D eigenvalue weighted by Gasteiger charge is 2.38. The summed E-state index contributed by atoms with van der Waals surface area (Å²) in [6, 6.07) is 13.0. The third-order valence-corrected chi connectivity index (χ3v) is 10.8. The van der Waals surface area contributed by atoms with E-state index < -0.39 is 5.97 Å². The molecule has 0 unspecified atom stereocenters. The fourth-order valence-corrected chi connectivity index (χ4v) is 7.99. The van der Waals surface area contributed by atoms with Gasteiger partial charge in [-0.2, -0.15) is 10.2 Å². The minimum Gasteiger partial charge on any atom is -0.494 e. The fraction of sp³-hybridized carbons (Fsp3) is 0.316. The highest BCUT2D eigenvalue weighted by molar-refractivity contribution is 6.35. The summed E-state index contributed by atoms with van der Waals surface area (Å²) in [6.07, 6.45) is 1.19. The predicted molar refractivity (Wildman–Crippen MR) is 197 cm³/mol. The van der Waals surface area contributed by atoms with Crippen LogP contribution in [0.3, 0.4) is 0 Å². The lowest BCUT2D eigenvalue weighted by Gasteiger charge is -2.34. The van der Waals surface area contributed by atoms with Gasteiger partial charge < -0.3 is 19.3 Å². The van der Waals surface area contributed by atoms with Gasteiger partial charge in [0.15, 0.2) is 5.69 Å². The molecular weight excluding hydrogens is 675 g/mol.